The first kappa shape index (κ1) is 14.5. The monoisotopic (exact) mass is 260 g/mol. The predicted octanol–water partition coefficient (Wildman–Crippen LogP) is 1.43. The van der Waals surface area contributed by atoms with Crippen LogP contribution in [0.4, 0.5) is 5.69 Å². The highest BCUT2D eigenvalue weighted by Gasteiger charge is 2.16. The molecule has 0 aliphatic carbocycles. The number of amides is 1. The van der Waals surface area contributed by atoms with Crippen molar-refractivity contribution in [3.63, 3.8) is 0 Å². The van der Waals surface area contributed by atoms with Crippen LogP contribution in [0.3, 0.4) is 0 Å². The molecule has 4 N–H and O–H groups in total. The molecule has 0 heterocycles. The van der Waals surface area contributed by atoms with Crippen molar-refractivity contribution < 1.29 is 14.7 Å². The molecule has 0 spiro atoms. The first-order valence-corrected chi connectivity index (χ1v) is 5.70. The van der Waals surface area contributed by atoms with Crippen LogP contribution in [0, 0.1) is 0 Å². The van der Waals surface area contributed by atoms with Crippen LogP contribution in [-0.4, -0.2) is 23.0 Å². The summed E-state index contributed by atoms with van der Waals surface area (Å²) in [5.41, 5.74) is 6.97. The van der Waals surface area contributed by atoms with Crippen molar-refractivity contribution in [1.82, 2.24) is 5.32 Å². The second-order valence-electron chi connectivity index (χ2n) is 3.93. The van der Waals surface area contributed by atoms with Gasteiger partial charge in [-0.25, -0.2) is 4.79 Å². The van der Waals surface area contributed by atoms with E-state index in [1.807, 2.05) is 0 Å². The summed E-state index contributed by atoms with van der Waals surface area (Å²) in [5.74, 6) is -1.57. The average Bonchev–Trinajstić information content (AvgIpc) is 2.36. The van der Waals surface area contributed by atoms with Crippen molar-refractivity contribution in [2.24, 2.45) is 0 Å². The Kier molecular flexibility index (Phi) is 5.35. The van der Waals surface area contributed by atoms with Gasteiger partial charge in [0.25, 0.3) is 0 Å². The number of anilines is 1. The van der Waals surface area contributed by atoms with E-state index in [-0.39, 0.29) is 6.42 Å². The van der Waals surface area contributed by atoms with E-state index >= 15 is 0 Å². The number of nitrogen functional groups attached to an aromatic ring is 1. The van der Waals surface area contributed by atoms with E-state index in [1.165, 1.54) is 12.2 Å². The van der Waals surface area contributed by atoms with E-state index in [0.717, 1.165) is 5.56 Å². The minimum Gasteiger partial charge on any atom is -0.480 e. The Bertz CT molecular complexity index is 509. The normalized spacial score (nSPS) is 12.0. The molecule has 1 rings (SSSR count). The molecule has 1 aromatic carbocycles. The molecule has 0 radical (unpaired) electrons. The lowest BCUT2D eigenvalue weighted by Crippen LogP contribution is -2.39. The number of hydrogen-bond acceptors (Lipinski definition) is 3. The summed E-state index contributed by atoms with van der Waals surface area (Å²) in [7, 11) is 0. The van der Waals surface area contributed by atoms with E-state index in [1.54, 1.807) is 30.3 Å². The van der Waals surface area contributed by atoms with Gasteiger partial charge in [0.15, 0.2) is 0 Å². The molecule has 0 saturated heterocycles. The molecule has 5 heteroatoms. The number of hydrogen-bond donors (Lipinski definition) is 3. The van der Waals surface area contributed by atoms with E-state index in [9.17, 15) is 9.59 Å². The number of carbonyl (C=O) groups excluding carboxylic acids is 1. The first-order chi connectivity index (χ1) is 9.02. The van der Waals surface area contributed by atoms with Crippen LogP contribution in [-0.2, 0) is 9.59 Å². The zero-order valence-electron chi connectivity index (χ0n) is 10.4. The van der Waals surface area contributed by atoms with Crippen molar-refractivity contribution in [2.45, 2.75) is 12.5 Å². The van der Waals surface area contributed by atoms with Crippen LogP contribution in [0.15, 0.2) is 43.0 Å². The Hall–Kier alpha value is -2.56. The average molecular weight is 260 g/mol. The standard InChI is InChI=1S/C14H16N2O3/c1-2-4-12(14(18)19)16-13(17)8-7-10-5-3-6-11(15)9-10/h2-3,5-9,12H,1,4,15H2,(H,16,17)(H,18,19)/b8-7+. The number of carboxylic acid groups (broad SMARTS) is 1. The summed E-state index contributed by atoms with van der Waals surface area (Å²) in [6.07, 6.45) is 4.46. The summed E-state index contributed by atoms with van der Waals surface area (Å²) < 4.78 is 0. The molecule has 0 aliphatic rings. The van der Waals surface area contributed by atoms with Crippen molar-refractivity contribution in [3.8, 4) is 0 Å². The molecule has 1 unspecified atom stereocenters. The maximum Gasteiger partial charge on any atom is 0.326 e. The largest absolute Gasteiger partial charge is 0.480 e. The van der Waals surface area contributed by atoms with Gasteiger partial charge in [0.05, 0.1) is 0 Å². The van der Waals surface area contributed by atoms with Crippen LogP contribution < -0.4 is 11.1 Å². The van der Waals surface area contributed by atoms with Crippen molar-refractivity contribution in [2.75, 3.05) is 5.73 Å². The highest BCUT2D eigenvalue weighted by atomic mass is 16.4. The third kappa shape index (κ3) is 5.08. The smallest absolute Gasteiger partial charge is 0.326 e. The maximum atomic E-state index is 11.6. The Balaban J connectivity index is 2.64. The number of carboxylic acids is 1. The molecule has 0 aromatic heterocycles. The third-order valence-corrected chi connectivity index (χ3v) is 2.35. The molecule has 1 atom stereocenters. The van der Waals surface area contributed by atoms with Gasteiger partial charge in [-0.15, -0.1) is 6.58 Å². The highest BCUT2D eigenvalue weighted by Crippen LogP contribution is 2.07. The molecule has 0 saturated carbocycles. The van der Waals surface area contributed by atoms with Crippen LogP contribution in [0.1, 0.15) is 12.0 Å². The van der Waals surface area contributed by atoms with E-state index in [4.69, 9.17) is 10.8 Å². The summed E-state index contributed by atoms with van der Waals surface area (Å²) in [4.78, 5) is 22.4. The molecule has 0 aliphatic heterocycles. The van der Waals surface area contributed by atoms with Crippen molar-refractivity contribution in [1.29, 1.82) is 0 Å². The summed E-state index contributed by atoms with van der Waals surface area (Å²) in [5, 5.41) is 11.2. The molecule has 0 fully saturated rings. The quantitative estimate of drug-likeness (QED) is 0.410. The van der Waals surface area contributed by atoms with Crippen molar-refractivity contribution in [3.05, 3.63) is 48.6 Å². The Labute approximate surface area is 111 Å². The van der Waals surface area contributed by atoms with Gasteiger partial charge in [0, 0.05) is 11.8 Å². The minimum atomic E-state index is -1.09. The van der Waals surface area contributed by atoms with Gasteiger partial charge in [0.2, 0.25) is 5.91 Å². The van der Waals surface area contributed by atoms with Crippen molar-refractivity contribution >= 4 is 23.6 Å². The SMILES string of the molecule is C=CCC(NC(=O)/C=C/c1cccc(N)c1)C(=O)O. The lowest BCUT2D eigenvalue weighted by atomic mass is 10.2. The Morgan fingerprint density at radius 1 is 1.47 bits per heavy atom. The number of aliphatic carboxylic acids is 1. The molecule has 5 nitrogen and oxygen atoms in total. The van der Waals surface area contributed by atoms with E-state index in [0.29, 0.717) is 5.69 Å². The fourth-order valence-corrected chi connectivity index (χ4v) is 1.44. The molecular formula is C14H16N2O3. The van der Waals surface area contributed by atoms with E-state index < -0.39 is 17.9 Å². The predicted molar refractivity (Wildman–Crippen MR) is 74.3 cm³/mol. The molecular weight excluding hydrogens is 244 g/mol. The lowest BCUT2D eigenvalue weighted by Gasteiger charge is -2.10. The van der Waals surface area contributed by atoms with Crippen LogP contribution in [0.25, 0.3) is 6.08 Å². The van der Waals surface area contributed by atoms with E-state index in [2.05, 4.69) is 11.9 Å². The van der Waals surface area contributed by atoms with Crippen LogP contribution in [0.5, 0.6) is 0 Å². The summed E-state index contributed by atoms with van der Waals surface area (Å²) in [6.45, 7) is 3.45. The topological polar surface area (TPSA) is 92.4 Å². The fraction of sp³-hybridized carbons (Fsp3) is 0.143. The number of benzene rings is 1. The fourth-order valence-electron chi connectivity index (χ4n) is 1.44. The number of carbonyl (C=O) groups is 2. The van der Waals surface area contributed by atoms with Crippen LogP contribution >= 0.6 is 0 Å². The molecule has 100 valence electrons. The zero-order valence-corrected chi connectivity index (χ0v) is 10.4. The molecule has 0 bridgehead atoms. The third-order valence-electron chi connectivity index (χ3n) is 2.35. The number of nitrogens with one attached hydrogen (secondary N) is 1. The second kappa shape index (κ2) is 7.00. The van der Waals surface area contributed by atoms with Gasteiger partial charge < -0.3 is 16.2 Å². The Morgan fingerprint density at radius 2 is 2.21 bits per heavy atom. The number of nitrogens with two attached hydrogens (primary N) is 1. The number of rotatable bonds is 6. The second-order valence-corrected chi connectivity index (χ2v) is 3.93. The zero-order chi connectivity index (χ0) is 14.3. The summed E-state index contributed by atoms with van der Waals surface area (Å²) >= 11 is 0. The van der Waals surface area contributed by atoms with Gasteiger partial charge in [-0.1, -0.05) is 18.2 Å². The van der Waals surface area contributed by atoms with Gasteiger partial charge in [-0.2, -0.15) is 0 Å². The first-order valence-electron chi connectivity index (χ1n) is 5.70. The lowest BCUT2D eigenvalue weighted by molar-refractivity contribution is -0.141. The van der Waals surface area contributed by atoms with Gasteiger partial charge >= 0.3 is 5.97 Å². The summed E-state index contributed by atoms with van der Waals surface area (Å²) in [6, 6.07) is 6.04. The minimum absolute atomic E-state index is 0.174. The van der Waals surface area contributed by atoms with Crippen LogP contribution in [0.2, 0.25) is 0 Å². The molecule has 19 heavy (non-hydrogen) atoms. The maximum absolute atomic E-state index is 11.6. The molecule has 1 aromatic rings. The van der Waals surface area contributed by atoms with Gasteiger partial charge in [-0.05, 0) is 30.2 Å². The van der Waals surface area contributed by atoms with Gasteiger partial charge in [-0.3, -0.25) is 4.79 Å². The molecule has 1 amide bonds. The van der Waals surface area contributed by atoms with Gasteiger partial charge in [0.1, 0.15) is 6.04 Å². The highest BCUT2D eigenvalue weighted by molar-refractivity contribution is 5.94. The Morgan fingerprint density at radius 3 is 2.79 bits per heavy atom.